The van der Waals surface area contributed by atoms with Gasteiger partial charge in [-0.3, -0.25) is 4.99 Å². The van der Waals surface area contributed by atoms with Crippen LogP contribution < -0.4 is 10.6 Å². The minimum absolute atomic E-state index is 0.123. The lowest BCUT2D eigenvalue weighted by atomic mass is 9.85. The van der Waals surface area contributed by atoms with Crippen molar-refractivity contribution < 1.29 is 4.74 Å². The molecule has 0 unspecified atom stereocenters. The van der Waals surface area contributed by atoms with Crippen LogP contribution in [0.1, 0.15) is 26.3 Å². The molecule has 4 nitrogen and oxygen atoms in total. The largest absolute Gasteiger partial charge is 0.383 e. The quantitative estimate of drug-likeness (QED) is 0.462. The maximum atomic E-state index is 6.29. The molecule has 1 aromatic carbocycles. The minimum atomic E-state index is -0.123. The Morgan fingerprint density at radius 2 is 2.00 bits per heavy atom. The van der Waals surface area contributed by atoms with Gasteiger partial charge in [0.1, 0.15) is 0 Å². The highest BCUT2D eigenvalue weighted by Gasteiger charge is 2.22. The van der Waals surface area contributed by atoms with E-state index in [2.05, 4.69) is 35.5 Å². The summed E-state index contributed by atoms with van der Waals surface area (Å²) < 4.78 is 5.04. The van der Waals surface area contributed by atoms with E-state index in [1.54, 1.807) is 7.11 Å². The molecule has 0 saturated carbocycles. The van der Waals surface area contributed by atoms with Gasteiger partial charge in [0, 0.05) is 30.6 Å². The van der Waals surface area contributed by atoms with Crippen molar-refractivity contribution in [3.05, 3.63) is 34.9 Å². The Hall–Kier alpha value is -1.26. The van der Waals surface area contributed by atoms with Crippen LogP contribution in [0.4, 0.5) is 0 Å². The molecule has 0 spiro atoms. The Bertz CT molecular complexity index is 461. The molecule has 5 heteroatoms. The predicted octanol–water partition coefficient (Wildman–Crippen LogP) is 2.82. The second kappa shape index (κ2) is 8.90. The zero-order valence-corrected chi connectivity index (χ0v) is 14.1. The number of aliphatic imine (C=N–C) groups is 1. The van der Waals surface area contributed by atoms with Crippen LogP contribution in [0, 0.1) is 0 Å². The molecule has 0 saturated heterocycles. The standard InChI is InChI=1S/C16H26ClN3O/c1-5-18-15(19-10-11-21-4)20-12-16(2,3)13-8-6-7-9-14(13)17/h6-9H,5,10-12H2,1-4H3,(H2,18,19,20). The van der Waals surface area contributed by atoms with Crippen LogP contribution in [0.25, 0.3) is 0 Å². The van der Waals surface area contributed by atoms with Gasteiger partial charge in [0.05, 0.1) is 13.2 Å². The zero-order chi connectivity index (χ0) is 15.7. The van der Waals surface area contributed by atoms with Crippen molar-refractivity contribution in [2.24, 2.45) is 4.99 Å². The zero-order valence-electron chi connectivity index (χ0n) is 13.4. The Labute approximate surface area is 132 Å². The molecule has 0 radical (unpaired) electrons. The Balaban J connectivity index is 2.75. The van der Waals surface area contributed by atoms with Crippen molar-refractivity contribution in [2.75, 3.05) is 33.4 Å². The highest BCUT2D eigenvalue weighted by atomic mass is 35.5. The molecule has 21 heavy (non-hydrogen) atoms. The fraction of sp³-hybridized carbons (Fsp3) is 0.562. The van der Waals surface area contributed by atoms with Gasteiger partial charge in [0.2, 0.25) is 0 Å². The van der Waals surface area contributed by atoms with Crippen LogP contribution >= 0.6 is 11.6 Å². The number of nitrogens with one attached hydrogen (secondary N) is 2. The third-order valence-corrected chi connectivity index (χ3v) is 3.51. The maximum Gasteiger partial charge on any atom is 0.191 e. The highest BCUT2D eigenvalue weighted by Crippen LogP contribution is 2.29. The highest BCUT2D eigenvalue weighted by molar-refractivity contribution is 6.31. The summed E-state index contributed by atoms with van der Waals surface area (Å²) in [5.41, 5.74) is 0.991. The molecular formula is C16H26ClN3O. The fourth-order valence-corrected chi connectivity index (χ4v) is 2.38. The van der Waals surface area contributed by atoms with Crippen LogP contribution in [-0.4, -0.2) is 39.3 Å². The monoisotopic (exact) mass is 311 g/mol. The number of halogens is 1. The molecule has 1 rings (SSSR count). The van der Waals surface area contributed by atoms with Gasteiger partial charge in [-0.15, -0.1) is 0 Å². The number of methoxy groups -OCH3 is 1. The molecule has 0 amide bonds. The van der Waals surface area contributed by atoms with Gasteiger partial charge in [0.25, 0.3) is 0 Å². The molecule has 0 fully saturated rings. The molecule has 0 aliphatic carbocycles. The van der Waals surface area contributed by atoms with E-state index in [1.165, 1.54) is 0 Å². The average Bonchev–Trinajstić information content (AvgIpc) is 2.45. The van der Waals surface area contributed by atoms with E-state index in [0.29, 0.717) is 13.2 Å². The van der Waals surface area contributed by atoms with Gasteiger partial charge in [-0.2, -0.15) is 0 Å². The van der Waals surface area contributed by atoms with Gasteiger partial charge >= 0.3 is 0 Å². The number of hydrogen-bond donors (Lipinski definition) is 2. The lowest BCUT2D eigenvalue weighted by Crippen LogP contribution is -2.40. The van der Waals surface area contributed by atoms with Crippen LogP contribution in [-0.2, 0) is 10.2 Å². The molecule has 0 heterocycles. The van der Waals surface area contributed by atoms with Crippen molar-refractivity contribution in [1.82, 2.24) is 10.6 Å². The van der Waals surface area contributed by atoms with Gasteiger partial charge in [-0.1, -0.05) is 43.6 Å². The molecule has 0 atom stereocenters. The summed E-state index contributed by atoms with van der Waals surface area (Å²) in [6.45, 7) is 9.21. The molecular weight excluding hydrogens is 286 g/mol. The van der Waals surface area contributed by atoms with Crippen molar-refractivity contribution in [1.29, 1.82) is 0 Å². The summed E-state index contributed by atoms with van der Waals surface area (Å²) >= 11 is 6.29. The first-order chi connectivity index (χ1) is 10.0. The van der Waals surface area contributed by atoms with Crippen LogP contribution in [0.5, 0.6) is 0 Å². The van der Waals surface area contributed by atoms with E-state index < -0.39 is 0 Å². The molecule has 0 aliphatic rings. The molecule has 0 aliphatic heterocycles. The smallest absolute Gasteiger partial charge is 0.191 e. The first-order valence-electron chi connectivity index (χ1n) is 7.27. The summed E-state index contributed by atoms with van der Waals surface area (Å²) in [4.78, 5) is 4.65. The number of guanidine groups is 1. The topological polar surface area (TPSA) is 45.7 Å². The molecule has 0 bridgehead atoms. The predicted molar refractivity (Wildman–Crippen MR) is 90.3 cm³/mol. The molecule has 1 aromatic rings. The van der Waals surface area contributed by atoms with E-state index in [9.17, 15) is 0 Å². The molecule has 118 valence electrons. The third-order valence-electron chi connectivity index (χ3n) is 3.18. The second-order valence-corrected chi connectivity index (χ2v) is 5.89. The number of rotatable bonds is 7. The van der Waals surface area contributed by atoms with Crippen molar-refractivity contribution in [3.63, 3.8) is 0 Å². The fourth-order valence-electron chi connectivity index (χ4n) is 1.99. The van der Waals surface area contributed by atoms with Gasteiger partial charge in [-0.25, -0.2) is 0 Å². The third kappa shape index (κ3) is 5.94. The summed E-state index contributed by atoms with van der Waals surface area (Å²) in [5, 5.41) is 7.26. The van der Waals surface area contributed by atoms with E-state index in [-0.39, 0.29) is 5.41 Å². The maximum absolute atomic E-state index is 6.29. The van der Waals surface area contributed by atoms with Crippen LogP contribution in [0.15, 0.2) is 29.3 Å². The normalized spacial score (nSPS) is 12.3. The Kier molecular flexibility index (Phi) is 7.54. The summed E-state index contributed by atoms with van der Waals surface area (Å²) in [5.74, 6) is 0.801. The van der Waals surface area contributed by atoms with Gasteiger partial charge in [0.15, 0.2) is 5.96 Å². The molecule has 2 N–H and O–H groups in total. The van der Waals surface area contributed by atoms with E-state index in [1.807, 2.05) is 25.1 Å². The van der Waals surface area contributed by atoms with E-state index in [4.69, 9.17) is 16.3 Å². The number of hydrogen-bond acceptors (Lipinski definition) is 2. The Morgan fingerprint density at radius 1 is 1.29 bits per heavy atom. The lowest BCUT2D eigenvalue weighted by molar-refractivity contribution is 0.203. The van der Waals surface area contributed by atoms with Crippen molar-refractivity contribution >= 4 is 17.6 Å². The van der Waals surface area contributed by atoms with Gasteiger partial charge < -0.3 is 15.4 Å². The number of benzene rings is 1. The number of ether oxygens (including phenoxy) is 1. The van der Waals surface area contributed by atoms with Crippen LogP contribution in [0.2, 0.25) is 5.02 Å². The van der Waals surface area contributed by atoms with E-state index in [0.717, 1.165) is 29.6 Å². The first kappa shape index (κ1) is 17.8. The van der Waals surface area contributed by atoms with Crippen LogP contribution in [0.3, 0.4) is 0 Å². The SMILES string of the molecule is CCNC(=NCC(C)(C)c1ccccc1Cl)NCCOC. The van der Waals surface area contributed by atoms with Crippen molar-refractivity contribution in [3.8, 4) is 0 Å². The van der Waals surface area contributed by atoms with E-state index >= 15 is 0 Å². The summed E-state index contributed by atoms with van der Waals surface area (Å²) in [6, 6.07) is 7.93. The second-order valence-electron chi connectivity index (χ2n) is 5.48. The average molecular weight is 312 g/mol. The Morgan fingerprint density at radius 3 is 2.62 bits per heavy atom. The van der Waals surface area contributed by atoms with Gasteiger partial charge in [-0.05, 0) is 18.6 Å². The molecule has 0 aromatic heterocycles. The lowest BCUT2D eigenvalue weighted by Gasteiger charge is -2.25. The summed E-state index contributed by atoms with van der Waals surface area (Å²) in [6.07, 6.45) is 0. The first-order valence-corrected chi connectivity index (χ1v) is 7.65. The number of nitrogens with zero attached hydrogens (tertiary/aromatic N) is 1. The minimum Gasteiger partial charge on any atom is -0.383 e. The summed E-state index contributed by atoms with van der Waals surface area (Å²) in [7, 11) is 1.69. The van der Waals surface area contributed by atoms with Crippen molar-refractivity contribution in [2.45, 2.75) is 26.2 Å².